The molecule has 0 saturated carbocycles. The van der Waals surface area contributed by atoms with Crippen molar-refractivity contribution >= 4 is 0 Å². The maximum atomic E-state index is 8.94. The molecule has 20 heavy (non-hydrogen) atoms. The van der Waals surface area contributed by atoms with Gasteiger partial charge >= 0.3 is 0 Å². The lowest BCUT2D eigenvalue weighted by atomic mass is 10.0. The summed E-state index contributed by atoms with van der Waals surface area (Å²) in [5, 5.41) is 12.5. The standard InChI is InChI=1S/C16H27NO3/c1-5-14(17-11-12(2)8-9-18)13-6-7-15(19-3)16(10-13)20-4/h6-7,10,12,14,17-18H,5,8-9,11H2,1-4H3. The van der Waals surface area contributed by atoms with Crippen LogP contribution in [-0.4, -0.2) is 32.5 Å². The Balaban J connectivity index is 2.74. The Labute approximate surface area is 122 Å². The summed E-state index contributed by atoms with van der Waals surface area (Å²) in [4.78, 5) is 0. The second-order valence-electron chi connectivity index (χ2n) is 5.10. The average molecular weight is 281 g/mol. The molecule has 1 rings (SSSR count). The molecule has 0 heterocycles. The molecular formula is C16H27NO3. The quantitative estimate of drug-likeness (QED) is 0.731. The highest BCUT2D eigenvalue weighted by Gasteiger charge is 2.13. The summed E-state index contributed by atoms with van der Waals surface area (Å²) >= 11 is 0. The van der Waals surface area contributed by atoms with Crippen molar-refractivity contribution in [1.29, 1.82) is 0 Å². The largest absolute Gasteiger partial charge is 0.493 e. The molecule has 0 aromatic heterocycles. The van der Waals surface area contributed by atoms with Crippen molar-refractivity contribution in [2.75, 3.05) is 27.4 Å². The number of aliphatic hydroxyl groups excluding tert-OH is 1. The molecule has 2 atom stereocenters. The van der Waals surface area contributed by atoms with Crippen LogP contribution in [0.2, 0.25) is 0 Å². The van der Waals surface area contributed by atoms with Crippen LogP contribution in [-0.2, 0) is 0 Å². The molecule has 0 aliphatic carbocycles. The SMILES string of the molecule is CCC(NCC(C)CCO)c1ccc(OC)c(OC)c1. The fourth-order valence-electron chi connectivity index (χ4n) is 2.23. The van der Waals surface area contributed by atoms with E-state index in [1.54, 1.807) is 14.2 Å². The predicted octanol–water partition coefficient (Wildman–Crippen LogP) is 2.76. The number of hydrogen-bond acceptors (Lipinski definition) is 4. The van der Waals surface area contributed by atoms with Crippen molar-refractivity contribution in [2.24, 2.45) is 5.92 Å². The van der Waals surface area contributed by atoms with Gasteiger partial charge in [0, 0.05) is 12.6 Å². The van der Waals surface area contributed by atoms with Crippen LogP contribution in [0, 0.1) is 5.92 Å². The molecule has 0 amide bonds. The van der Waals surface area contributed by atoms with Crippen LogP contribution in [0.25, 0.3) is 0 Å². The van der Waals surface area contributed by atoms with Gasteiger partial charge in [-0.3, -0.25) is 0 Å². The number of methoxy groups -OCH3 is 2. The highest BCUT2D eigenvalue weighted by Crippen LogP contribution is 2.30. The number of ether oxygens (including phenoxy) is 2. The third kappa shape index (κ3) is 4.69. The van der Waals surface area contributed by atoms with Gasteiger partial charge in [0.2, 0.25) is 0 Å². The second-order valence-corrected chi connectivity index (χ2v) is 5.10. The van der Waals surface area contributed by atoms with Gasteiger partial charge in [0.1, 0.15) is 0 Å². The van der Waals surface area contributed by atoms with Gasteiger partial charge in [0.05, 0.1) is 14.2 Å². The smallest absolute Gasteiger partial charge is 0.161 e. The van der Waals surface area contributed by atoms with Crippen molar-refractivity contribution in [1.82, 2.24) is 5.32 Å². The summed E-state index contributed by atoms with van der Waals surface area (Å²) in [6.45, 7) is 5.44. The Morgan fingerprint density at radius 2 is 1.90 bits per heavy atom. The van der Waals surface area contributed by atoms with Crippen molar-refractivity contribution < 1.29 is 14.6 Å². The molecule has 0 aliphatic rings. The Bertz CT molecular complexity index is 395. The van der Waals surface area contributed by atoms with E-state index in [0.717, 1.165) is 30.9 Å². The Morgan fingerprint density at radius 3 is 2.45 bits per heavy atom. The molecule has 1 aromatic carbocycles. The summed E-state index contributed by atoms with van der Waals surface area (Å²) < 4.78 is 10.6. The third-order valence-corrected chi connectivity index (χ3v) is 3.55. The predicted molar refractivity (Wildman–Crippen MR) is 81.4 cm³/mol. The zero-order valence-electron chi connectivity index (χ0n) is 13.0. The minimum absolute atomic E-state index is 0.246. The van der Waals surface area contributed by atoms with E-state index in [4.69, 9.17) is 14.6 Å². The lowest BCUT2D eigenvalue weighted by Crippen LogP contribution is -2.26. The first-order valence-corrected chi connectivity index (χ1v) is 7.22. The zero-order chi connectivity index (χ0) is 15.0. The van der Waals surface area contributed by atoms with Crippen LogP contribution in [0.4, 0.5) is 0 Å². The molecule has 4 nitrogen and oxygen atoms in total. The third-order valence-electron chi connectivity index (χ3n) is 3.55. The van der Waals surface area contributed by atoms with Crippen molar-refractivity contribution in [3.8, 4) is 11.5 Å². The fraction of sp³-hybridized carbons (Fsp3) is 0.625. The van der Waals surface area contributed by atoms with Crippen LogP contribution in [0.5, 0.6) is 11.5 Å². The van der Waals surface area contributed by atoms with Gasteiger partial charge in [-0.25, -0.2) is 0 Å². The van der Waals surface area contributed by atoms with E-state index < -0.39 is 0 Å². The van der Waals surface area contributed by atoms with Gasteiger partial charge in [-0.05, 0) is 43.0 Å². The average Bonchev–Trinajstić information content (AvgIpc) is 2.47. The maximum absolute atomic E-state index is 8.94. The van der Waals surface area contributed by atoms with E-state index in [9.17, 15) is 0 Å². The highest BCUT2D eigenvalue weighted by atomic mass is 16.5. The second kappa shape index (κ2) is 8.82. The van der Waals surface area contributed by atoms with Crippen molar-refractivity contribution in [2.45, 2.75) is 32.7 Å². The minimum Gasteiger partial charge on any atom is -0.493 e. The van der Waals surface area contributed by atoms with E-state index in [-0.39, 0.29) is 12.6 Å². The van der Waals surface area contributed by atoms with Gasteiger partial charge in [0.25, 0.3) is 0 Å². The van der Waals surface area contributed by atoms with Crippen molar-refractivity contribution in [3.05, 3.63) is 23.8 Å². The molecule has 0 bridgehead atoms. The maximum Gasteiger partial charge on any atom is 0.161 e. The Morgan fingerprint density at radius 1 is 1.20 bits per heavy atom. The number of rotatable bonds is 9. The Hall–Kier alpha value is -1.26. The van der Waals surface area contributed by atoms with E-state index >= 15 is 0 Å². The molecule has 114 valence electrons. The van der Waals surface area contributed by atoms with Gasteiger partial charge < -0.3 is 19.9 Å². The van der Waals surface area contributed by atoms with E-state index in [2.05, 4.69) is 25.2 Å². The summed E-state index contributed by atoms with van der Waals surface area (Å²) in [5.41, 5.74) is 1.20. The van der Waals surface area contributed by atoms with E-state index in [0.29, 0.717) is 5.92 Å². The fourth-order valence-corrected chi connectivity index (χ4v) is 2.23. The van der Waals surface area contributed by atoms with E-state index in [1.807, 2.05) is 12.1 Å². The number of hydrogen-bond donors (Lipinski definition) is 2. The molecule has 4 heteroatoms. The Kier molecular flexibility index (Phi) is 7.41. The minimum atomic E-state index is 0.246. The van der Waals surface area contributed by atoms with Crippen LogP contribution < -0.4 is 14.8 Å². The normalized spacial score (nSPS) is 13.8. The highest BCUT2D eigenvalue weighted by molar-refractivity contribution is 5.43. The van der Waals surface area contributed by atoms with Crippen LogP contribution >= 0.6 is 0 Å². The molecule has 0 aliphatic heterocycles. The first-order valence-electron chi connectivity index (χ1n) is 7.22. The number of benzene rings is 1. The first-order chi connectivity index (χ1) is 9.65. The molecule has 0 saturated heterocycles. The van der Waals surface area contributed by atoms with Crippen LogP contribution in [0.3, 0.4) is 0 Å². The number of nitrogens with one attached hydrogen (secondary N) is 1. The lowest BCUT2D eigenvalue weighted by Gasteiger charge is -2.21. The molecule has 1 aromatic rings. The molecule has 2 unspecified atom stereocenters. The van der Waals surface area contributed by atoms with Crippen LogP contribution in [0.15, 0.2) is 18.2 Å². The van der Waals surface area contributed by atoms with Gasteiger partial charge in [-0.2, -0.15) is 0 Å². The zero-order valence-corrected chi connectivity index (χ0v) is 13.0. The van der Waals surface area contributed by atoms with Gasteiger partial charge in [-0.1, -0.05) is 19.9 Å². The lowest BCUT2D eigenvalue weighted by molar-refractivity contribution is 0.257. The monoisotopic (exact) mass is 281 g/mol. The van der Waals surface area contributed by atoms with E-state index in [1.165, 1.54) is 5.56 Å². The summed E-state index contributed by atoms with van der Waals surface area (Å²) in [6.07, 6.45) is 1.83. The topological polar surface area (TPSA) is 50.7 Å². The summed E-state index contributed by atoms with van der Waals surface area (Å²) in [7, 11) is 3.29. The number of aliphatic hydroxyl groups is 1. The van der Waals surface area contributed by atoms with Crippen LogP contribution in [0.1, 0.15) is 38.3 Å². The molecule has 2 N–H and O–H groups in total. The van der Waals surface area contributed by atoms with Crippen molar-refractivity contribution in [3.63, 3.8) is 0 Å². The molecule has 0 spiro atoms. The molecular weight excluding hydrogens is 254 g/mol. The molecule has 0 radical (unpaired) electrons. The van der Waals surface area contributed by atoms with Gasteiger partial charge in [-0.15, -0.1) is 0 Å². The summed E-state index contributed by atoms with van der Waals surface area (Å²) in [6, 6.07) is 6.32. The molecule has 0 fully saturated rings. The van der Waals surface area contributed by atoms with Gasteiger partial charge in [0.15, 0.2) is 11.5 Å². The first kappa shape index (κ1) is 16.8. The summed E-state index contributed by atoms with van der Waals surface area (Å²) in [5.74, 6) is 1.97.